The summed E-state index contributed by atoms with van der Waals surface area (Å²) < 4.78 is 15.9. The van der Waals surface area contributed by atoms with E-state index in [1.165, 1.54) is 25.7 Å². The zero-order valence-corrected chi connectivity index (χ0v) is 19.6. The molecule has 0 heterocycles. The quantitative estimate of drug-likeness (QED) is 0.130. The number of hydrogen-bond acceptors (Lipinski definition) is 6. The fraction of sp³-hybridized carbons (Fsp3) is 0.950. The molecule has 0 aliphatic rings. The number of carboxylic acid groups (broad SMARTS) is 1. The van der Waals surface area contributed by atoms with Gasteiger partial charge in [-0.25, -0.2) is 0 Å². The van der Waals surface area contributed by atoms with Crippen LogP contribution in [0.15, 0.2) is 0 Å². The van der Waals surface area contributed by atoms with Crippen LogP contribution in [0.5, 0.6) is 0 Å². The van der Waals surface area contributed by atoms with Gasteiger partial charge in [-0.05, 0) is 19.3 Å². The van der Waals surface area contributed by atoms with Crippen LogP contribution in [-0.2, 0) is 18.6 Å². The summed E-state index contributed by atoms with van der Waals surface area (Å²) >= 11 is 0. The van der Waals surface area contributed by atoms with E-state index in [2.05, 4.69) is 6.92 Å². The summed E-state index contributed by atoms with van der Waals surface area (Å²) in [5.74, 6) is -1.14. The van der Waals surface area contributed by atoms with Crippen molar-refractivity contribution in [2.45, 2.75) is 83.5 Å². The molecule has 0 bridgehead atoms. The van der Waals surface area contributed by atoms with E-state index in [-0.39, 0.29) is 4.48 Å². The number of carbonyl (C=O) groups is 1. The molecule has 3 unspecified atom stereocenters. The minimum atomic E-state index is -2.25. The van der Waals surface area contributed by atoms with Crippen molar-refractivity contribution >= 4 is 14.6 Å². The highest BCUT2D eigenvalue weighted by molar-refractivity contribution is 7.40. The summed E-state index contributed by atoms with van der Waals surface area (Å²) in [6.45, 7) is 4.18. The number of rotatable bonds is 20. The fourth-order valence-corrected chi connectivity index (χ4v) is 3.52. The van der Waals surface area contributed by atoms with Gasteiger partial charge in [0.25, 0.3) is 0 Å². The van der Waals surface area contributed by atoms with Gasteiger partial charge in [-0.3, -0.25) is 4.79 Å². The highest BCUT2D eigenvalue weighted by Crippen LogP contribution is 2.36. The Morgan fingerprint density at radius 3 is 1.97 bits per heavy atom. The summed E-state index contributed by atoms with van der Waals surface area (Å²) in [7, 11) is 2.74. The van der Waals surface area contributed by atoms with E-state index >= 15 is 0 Å². The molecule has 29 heavy (non-hydrogen) atoms. The summed E-state index contributed by atoms with van der Waals surface area (Å²) in [5, 5.41) is 21.3. The Hall–Kier alpha value is -0.340. The number of aliphatic carboxylic acids is 1. The summed E-state index contributed by atoms with van der Waals surface area (Å²) in [5.41, 5.74) is 0. The van der Waals surface area contributed by atoms with Crippen molar-refractivity contribution in [3.05, 3.63) is 0 Å². The number of quaternary nitrogens is 1. The van der Waals surface area contributed by atoms with Gasteiger partial charge in [0, 0.05) is 19.4 Å². The molecule has 0 aromatic rings. The molecule has 2 N–H and O–H groups in total. The second-order valence-electron chi connectivity index (χ2n) is 8.26. The Morgan fingerprint density at radius 1 is 0.966 bits per heavy atom. The van der Waals surface area contributed by atoms with E-state index in [1.54, 1.807) is 21.1 Å². The van der Waals surface area contributed by atoms with E-state index < -0.39 is 33.3 Å². The number of unbranched alkanes of at least 4 members (excludes halogenated alkanes) is 7. The first-order chi connectivity index (χ1) is 13.7. The van der Waals surface area contributed by atoms with Crippen LogP contribution in [0.2, 0.25) is 0 Å². The summed E-state index contributed by atoms with van der Waals surface area (Å²) in [4.78, 5) is 20.9. The lowest BCUT2D eigenvalue weighted by molar-refractivity contribution is -0.973. The average molecular weight is 440 g/mol. The Kier molecular flexibility index (Phi) is 17.1. The number of carboxylic acids is 1. The van der Waals surface area contributed by atoms with Crippen LogP contribution in [0.4, 0.5) is 0 Å². The Labute approximate surface area is 177 Å². The van der Waals surface area contributed by atoms with E-state index in [1.807, 2.05) is 0 Å². The van der Waals surface area contributed by atoms with Crippen LogP contribution < -0.4 is 5.11 Å². The van der Waals surface area contributed by atoms with E-state index in [4.69, 9.17) is 18.9 Å². The van der Waals surface area contributed by atoms with Crippen LogP contribution in [0.25, 0.3) is 0 Å². The van der Waals surface area contributed by atoms with Gasteiger partial charge in [0.2, 0.25) is 0 Å². The average Bonchev–Trinajstić information content (AvgIpc) is 2.63. The molecule has 0 amide bonds. The molecule has 0 spiro atoms. The predicted molar refractivity (Wildman–Crippen MR) is 112 cm³/mol. The molecule has 0 aromatic heterocycles. The first-order valence-electron chi connectivity index (χ1n) is 10.7. The van der Waals surface area contributed by atoms with Crippen molar-refractivity contribution in [2.75, 3.05) is 41.0 Å². The third kappa shape index (κ3) is 17.1. The van der Waals surface area contributed by atoms with Crippen LogP contribution >= 0.6 is 8.60 Å². The van der Waals surface area contributed by atoms with Gasteiger partial charge in [-0.1, -0.05) is 45.4 Å². The molecule has 0 fully saturated rings. The minimum Gasteiger partial charge on any atom is -0.804 e. The van der Waals surface area contributed by atoms with Crippen LogP contribution in [0.3, 0.4) is 0 Å². The molecule has 0 saturated heterocycles. The van der Waals surface area contributed by atoms with Gasteiger partial charge in [0.1, 0.15) is 6.10 Å². The van der Waals surface area contributed by atoms with E-state index in [0.717, 1.165) is 45.3 Å². The fourth-order valence-electron chi connectivity index (χ4n) is 2.76. The van der Waals surface area contributed by atoms with Crippen molar-refractivity contribution < 1.29 is 38.2 Å². The molecule has 0 aromatic carbocycles. The number of nitrogens with zero attached hydrogens (tertiary/aromatic N) is 1. The SMILES string of the molecule is CCCOCCCCCCCCCCOP(O)OC(CC(=O)O)C([O-])[N+](C)(C)C. The smallest absolute Gasteiger partial charge is 0.330 e. The maximum Gasteiger partial charge on any atom is 0.330 e. The first kappa shape index (κ1) is 28.7. The molecule has 3 atom stereocenters. The molecule has 8 nitrogen and oxygen atoms in total. The molecule has 0 saturated carbocycles. The first-order valence-corrected chi connectivity index (χ1v) is 11.9. The number of ether oxygens (including phenoxy) is 1. The van der Waals surface area contributed by atoms with Gasteiger partial charge in [-0.2, -0.15) is 0 Å². The highest BCUT2D eigenvalue weighted by Gasteiger charge is 2.29. The third-order valence-electron chi connectivity index (χ3n) is 4.42. The van der Waals surface area contributed by atoms with Crippen molar-refractivity contribution in [1.29, 1.82) is 0 Å². The van der Waals surface area contributed by atoms with Crippen LogP contribution in [0, 0.1) is 0 Å². The Bertz CT molecular complexity index is 407. The van der Waals surface area contributed by atoms with Gasteiger partial charge < -0.3 is 33.4 Å². The zero-order valence-electron chi connectivity index (χ0n) is 18.7. The molecule has 0 aliphatic carbocycles. The van der Waals surface area contributed by atoms with Crippen LogP contribution in [-0.4, -0.2) is 73.7 Å². The van der Waals surface area contributed by atoms with Gasteiger partial charge in [0.15, 0.2) is 0 Å². The molecular formula is C20H42NO7P. The van der Waals surface area contributed by atoms with Gasteiger partial charge in [0.05, 0.1) is 34.2 Å². The Morgan fingerprint density at radius 2 is 1.48 bits per heavy atom. The zero-order chi connectivity index (χ0) is 22.1. The van der Waals surface area contributed by atoms with Gasteiger partial charge >= 0.3 is 14.6 Å². The predicted octanol–water partition coefficient (Wildman–Crippen LogP) is 3.02. The minimum absolute atomic E-state index is 0.00706. The topological polar surface area (TPSA) is 108 Å². The monoisotopic (exact) mass is 439 g/mol. The maximum absolute atomic E-state index is 12.3. The maximum atomic E-state index is 12.3. The Balaban J connectivity index is 3.76. The highest BCUT2D eigenvalue weighted by atomic mass is 31.2. The lowest BCUT2D eigenvalue weighted by atomic mass is 10.1. The lowest BCUT2D eigenvalue weighted by Crippen LogP contribution is -2.60. The van der Waals surface area contributed by atoms with Crippen molar-refractivity contribution in [3.63, 3.8) is 0 Å². The summed E-state index contributed by atoms with van der Waals surface area (Å²) in [6.07, 6.45) is 7.04. The normalized spacial score (nSPS) is 15.2. The van der Waals surface area contributed by atoms with Crippen molar-refractivity contribution in [1.82, 2.24) is 0 Å². The van der Waals surface area contributed by atoms with Gasteiger partial charge in [-0.15, -0.1) is 0 Å². The molecular weight excluding hydrogens is 397 g/mol. The van der Waals surface area contributed by atoms with Crippen molar-refractivity contribution in [2.24, 2.45) is 0 Å². The van der Waals surface area contributed by atoms with Crippen molar-refractivity contribution in [3.8, 4) is 0 Å². The lowest BCUT2D eigenvalue weighted by Gasteiger charge is -2.42. The summed E-state index contributed by atoms with van der Waals surface area (Å²) in [6, 6.07) is 0. The standard InChI is InChI=1S/C20H42NO7P/c1-5-14-26-15-12-10-8-6-7-9-11-13-16-27-29(25)28-18(17-19(22)23)20(24)21(2,3)4/h18,20,25H,5-17H2,1-4H3,(H,22,23). The molecule has 0 radical (unpaired) electrons. The van der Waals surface area contributed by atoms with E-state index in [0.29, 0.717) is 6.61 Å². The molecule has 9 heteroatoms. The molecule has 174 valence electrons. The largest absolute Gasteiger partial charge is 0.804 e. The second kappa shape index (κ2) is 17.4. The molecule has 0 aliphatic heterocycles. The van der Waals surface area contributed by atoms with E-state index in [9.17, 15) is 14.8 Å². The number of likely N-dealkylation sites (N-methyl/N-ethyl adjacent to an activating group) is 1. The molecule has 0 rings (SSSR count). The second-order valence-corrected chi connectivity index (χ2v) is 9.21. The third-order valence-corrected chi connectivity index (χ3v) is 5.27. The number of hydrogen-bond donors (Lipinski definition) is 2. The van der Waals surface area contributed by atoms with Crippen LogP contribution in [0.1, 0.15) is 71.1 Å².